The van der Waals surface area contributed by atoms with E-state index in [4.69, 9.17) is 23.2 Å². The lowest BCUT2D eigenvalue weighted by atomic mass is 10.0. The van der Waals surface area contributed by atoms with Gasteiger partial charge in [0.1, 0.15) is 12.0 Å². The Morgan fingerprint density at radius 2 is 1.41 bits per heavy atom. The molecule has 0 atom stereocenters. The van der Waals surface area contributed by atoms with Crippen LogP contribution in [0.1, 0.15) is 38.7 Å². The zero-order chi connectivity index (χ0) is 22.2. The van der Waals surface area contributed by atoms with Crippen molar-refractivity contribution in [3.05, 3.63) is 93.0 Å². The van der Waals surface area contributed by atoms with Gasteiger partial charge in [-0.3, -0.25) is 4.79 Å². The summed E-state index contributed by atoms with van der Waals surface area (Å²) in [5, 5.41) is 10.8. The van der Waals surface area contributed by atoms with Crippen LogP contribution in [-0.4, -0.2) is 30.5 Å². The highest BCUT2D eigenvalue weighted by atomic mass is 35.5. The van der Waals surface area contributed by atoms with Crippen molar-refractivity contribution in [3.8, 4) is 11.4 Å². The number of aldehydes is 1. The minimum atomic E-state index is -0.00175. The fourth-order valence-corrected chi connectivity index (χ4v) is 5.01. The number of hydrogen-bond donors (Lipinski definition) is 1. The fourth-order valence-electron chi connectivity index (χ4n) is 4.48. The minimum absolute atomic E-state index is 0.00175. The Morgan fingerprint density at radius 3 is 2.00 bits per heavy atom. The van der Waals surface area contributed by atoms with Crippen LogP contribution in [0.5, 0.6) is 0 Å². The number of aliphatic hydroxyl groups is 1. The molecule has 0 unspecified atom stereocenters. The standard InChI is InChI=1S/C12H11ClN2O.C12H9ClN2O/c2*13-9-2-1-3-11-8(9)4-5-12-10(6-16)14-7-15(11)12/h1-3,7,16H,4-6H2;1-3,6-7H,4-5H2. The first-order valence-electron chi connectivity index (χ1n) is 10.3. The van der Waals surface area contributed by atoms with Crippen molar-refractivity contribution < 1.29 is 9.90 Å². The van der Waals surface area contributed by atoms with E-state index < -0.39 is 0 Å². The molecule has 0 saturated carbocycles. The van der Waals surface area contributed by atoms with Gasteiger partial charge in [-0.1, -0.05) is 35.3 Å². The predicted octanol–water partition coefficient (Wildman–Crippen LogP) is 4.55. The smallest absolute Gasteiger partial charge is 0.170 e. The second-order valence-corrected chi connectivity index (χ2v) is 8.52. The van der Waals surface area contributed by atoms with Crippen molar-refractivity contribution >= 4 is 29.5 Å². The van der Waals surface area contributed by atoms with E-state index in [9.17, 15) is 9.90 Å². The monoisotopic (exact) mass is 466 g/mol. The van der Waals surface area contributed by atoms with Crippen LogP contribution in [0.25, 0.3) is 11.4 Å². The third kappa shape index (κ3) is 3.45. The number of hydrogen-bond acceptors (Lipinski definition) is 4. The third-order valence-corrected chi connectivity index (χ3v) is 6.75. The quantitative estimate of drug-likeness (QED) is 0.439. The first kappa shape index (κ1) is 20.9. The molecule has 2 aromatic heterocycles. The number of benzene rings is 2. The van der Waals surface area contributed by atoms with E-state index in [-0.39, 0.29) is 6.61 Å². The van der Waals surface area contributed by atoms with Crippen molar-refractivity contribution in [3.63, 3.8) is 0 Å². The Balaban J connectivity index is 0.000000135. The average Bonchev–Trinajstić information content (AvgIpc) is 3.44. The molecule has 8 heteroatoms. The van der Waals surface area contributed by atoms with Crippen LogP contribution in [0.15, 0.2) is 49.1 Å². The molecule has 0 aliphatic carbocycles. The van der Waals surface area contributed by atoms with Gasteiger partial charge in [-0.25, -0.2) is 9.97 Å². The molecule has 2 aliphatic heterocycles. The number of halogens is 2. The van der Waals surface area contributed by atoms with E-state index in [1.165, 1.54) is 5.56 Å². The minimum Gasteiger partial charge on any atom is -0.390 e. The number of nitrogens with zero attached hydrogens (tertiary/aromatic N) is 4. The van der Waals surface area contributed by atoms with Crippen LogP contribution in [0.4, 0.5) is 0 Å². The van der Waals surface area contributed by atoms with Gasteiger partial charge < -0.3 is 14.2 Å². The molecule has 6 rings (SSSR count). The van der Waals surface area contributed by atoms with Gasteiger partial charge in [-0.2, -0.15) is 0 Å². The highest BCUT2D eigenvalue weighted by Gasteiger charge is 2.21. The largest absolute Gasteiger partial charge is 0.390 e. The van der Waals surface area contributed by atoms with E-state index in [2.05, 4.69) is 9.97 Å². The molecule has 0 saturated heterocycles. The fraction of sp³-hybridized carbons (Fsp3) is 0.208. The summed E-state index contributed by atoms with van der Waals surface area (Å²) < 4.78 is 3.98. The number of carbonyl (C=O) groups excluding carboxylic acids is 1. The maximum Gasteiger partial charge on any atom is 0.170 e. The van der Waals surface area contributed by atoms with Crippen LogP contribution in [0.2, 0.25) is 10.0 Å². The molecule has 0 fully saturated rings. The van der Waals surface area contributed by atoms with Crippen molar-refractivity contribution in [2.24, 2.45) is 0 Å². The number of aromatic nitrogens is 4. The molecule has 0 radical (unpaired) electrons. The first-order valence-corrected chi connectivity index (χ1v) is 11.1. The topological polar surface area (TPSA) is 72.9 Å². The zero-order valence-corrected chi connectivity index (χ0v) is 18.6. The molecular weight excluding hydrogens is 447 g/mol. The molecule has 0 amide bonds. The summed E-state index contributed by atoms with van der Waals surface area (Å²) >= 11 is 12.3. The molecule has 2 aliphatic rings. The number of fused-ring (bicyclic) bond motifs is 6. The van der Waals surface area contributed by atoms with Gasteiger partial charge in [-0.15, -0.1) is 0 Å². The highest BCUT2D eigenvalue weighted by molar-refractivity contribution is 6.32. The molecule has 6 nitrogen and oxygen atoms in total. The van der Waals surface area contributed by atoms with Gasteiger partial charge in [0.15, 0.2) is 6.29 Å². The normalized spacial score (nSPS) is 13.2. The van der Waals surface area contributed by atoms with E-state index in [0.29, 0.717) is 5.69 Å². The van der Waals surface area contributed by atoms with E-state index >= 15 is 0 Å². The maximum absolute atomic E-state index is 10.8. The molecule has 4 heterocycles. The Morgan fingerprint density at radius 1 is 0.844 bits per heavy atom. The lowest BCUT2D eigenvalue weighted by Crippen LogP contribution is -2.12. The first-order chi connectivity index (χ1) is 15.6. The molecular formula is C24H20Cl2N4O2. The number of imidazole rings is 2. The van der Waals surface area contributed by atoms with Crippen LogP contribution < -0.4 is 0 Å². The van der Waals surface area contributed by atoms with Crippen LogP contribution in [0, 0.1) is 0 Å². The maximum atomic E-state index is 10.8. The molecule has 4 aromatic rings. The van der Waals surface area contributed by atoms with Crippen molar-refractivity contribution in [1.82, 2.24) is 19.1 Å². The summed E-state index contributed by atoms with van der Waals surface area (Å²) in [5.41, 5.74) is 7.79. The van der Waals surface area contributed by atoms with Gasteiger partial charge in [-0.05, 0) is 61.1 Å². The van der Waals surface area contributed by atoms with Crippen LogP contribution in [0.3, 0.4) is 0 Å². The molecule has 162 valence electrons. The Bertz CT molecular complexity index is 1330. The van der Waals surface area contributed by atoms with E-state index in [1.807, 2.05) is 45.5 Å². The molecule has 0 spiro atoms. The molecule has 1 N–H and O–H groups in total. The average molecular weight is 467 g/mol. The zero-order valence-electron chi connectivity index (χ0n) is 17.1. The van der Waals surface area contributed by atoms with Crippen LogP contribution >= 0.6 is 23.2 Å². The summed E-state index contributed by atoms with van der Waals surface area (Å²) in [4.78, 5) is 19.1. The van der Waals surface area contributed by atoms with Gasteiger partial charge in [0.25, 0.3) is 0 Å². The Labute approximate surface area is 195 Å². The van der Waals surface area contributed by atoms with E-state index in [0.717, 1.165) is 76.0 Å². The van der Waals surface area contributed by atoms with Gasteiger partial charge in [0.05, 0.1) is 35.7 Å². The van der Waals surface area contributed by atoms with Crippen molar-refractivity contribution in [2.45, 2.75) is 32.3 Å². The highest BCUT2D eigenvalue weighted by Crippen LogP contribution is 2.32. The van der Waals surface area contributed by atoms with Gasteiger partial charge >= 0.3 is 0 Å². The lowest BCUT2D eigenvalue weighted by molar-refractivity contribution is 0.111. The van der Waals surface area contributed by atoms with Crippen LogP contribution in [-0.2, 0) is 32.3 Å². The SMILES string of the molecule is O=Cc1ncn2c1CCc1c(Cl)cccc1-2.OCc1ncn2c1CCc1c(Cl)cccc1-2. The summed E-state index contributed by atoms with van der Waals surface area (Å²) in [6, 6.07) is 11.7. The van der Waals surface area contributed by atoms with E-state index in [1.54, 1.807) is 12.7 Å². The van der Waals surface area contributed by atoms with Gasteiger partial charge in [0.2, 0.25) is 0 Å². The molecule has 2 aromatic carbocycles. The lowest BCUT2D eigenvalue weighted by Gasteiger charge is -2.20. The third-order valence-electron chi connectivity index (χ3n) is 6.04. The van der Waals surface area contributed by atoms with Gasteiger partial charge in [0, 0.05) is 15.7 Å². The molecule has 0 bridgehead atoms. The summed E-state index contributed by atoms with van der Waals surface area (Å²) in [6.45, 7) is -0.00175. The summed E-state index contributed by atoms with van der Waals surface area (Å²) in [7, 11) is 0. The number of carbonyl (C=O) groups is 1. The van der Waals surface area contributed by atoms with Crippen molar-refractivity contribution in [1.29, 1.82) is 0 Å². The summed E-state index contributed by atoms with van der Waals surface area (Å²) in [5.74, 6) is 0. The number of rotatable bonds is 2. The second kappa shape index (κ2) is 8.54. The molecule has 32 heavy (non-hydrogen) atoms. The predicted molar refractivity (Wildman–Crippen MR) is 123 cm³/mol. The second-order valence-electron chi connectivity index (χ2n) is 7.71. The number of aliphatic hydroxyl groups excluding tert-OH is 1. The Kier molecular flexibility index (Phi) is 5.59. The summed E-state index contributed by atoms with van der Waals surface area (Å²) in [6.07, 6.45) is 7.72. The van der Waals surface area contributed by atoms with Crippen molar-refractivity contribution in [2.75, 3.05) is 0 Å². The Hall–Kier alpha value is -2.93.